The van der Waals surface area contributed by atoms with Gasteiger partial charge < -0.3 is 15.0 Å². The predicted molar refractivity (Wildman–Crippen MR) is 170 cm³/mol. The van der Waals surface area contributed by atoms with E-state index in [0.29, 0.717) is 6.54 Å². The largest absolute Gasteiger partial charge is 0.573 e. The van der Waals surface area contributed by atoms with Gasteiger partial charge >= 0.3 is 6.36 Å². The molecular formula is C35H34ClF3N4O. The van der Waals surface area contributed by atoms with E-state index in [1.807, 2.05) is 24.3 Å². The van der Waals surface area contributed by atoms with Crippen molar-refractivity contribution in [3.8, 4) is 22.6 Å². The Hall–Kier alpha value is -3.82. The molecule has 1 aromatic heterocycles. The third kappa shape index (κ3) is 7.11. The Morgan fingerprint density at radius 3 is 2.20 bits per heavy atom. The second kappa shape index (κ2) is 13.0. The van der Waals surface area contributed by atoms with Crippen LogP contribution in [0.1, 0.15) is 16.7 Å². The van der Waals surface area contributed by atoms with Gasteiger partial charge in [-0.1, -0.05) is 60.1 Å². The Kier molecular flexibility index (Phi) is 8.96. The molecule has 0 radical (unpaired) electrons. The summed E-state index contributed by atoms with van der Waals surface area (Å²) in [7, 11) is 0. The van der Waals surface area contributed by atoms with E-state index < -0.39 is 6.36 Å². The third-order valence-electron chi connectivity index (χ3n) is 8.11. The van der Waals surface area contributed by atoms with Crippen LogP contribution in [0.3, 0.4) is 0 Å². The van der Waals surface area contributed by atoms with Gasteiger partial charge in [0, 0.05) is 67.1 Å². The highest BCUT2D eigenvalue weighted by atomic mass is 35.5. The van der Waals surface area contributed by atoms with Gasteiger partial charge in [-0.25, -0.2) is 0 Å². The van der Waals surface area contributed by atoms with Gasteiger partial charge in [0.15, 0.2) is 0 Å². The summed E-state index contributed by atoms with van der Waals surface area (Å²) in [4.78, 5) is 4.89. The van der Waals surface area contributed by atoms with Crippen molar-refractivity contribution >= 4 is 22.5 Å². The summed E-state index contributed by atoms with van der Waals surface area (Å²) in [6.07, 6.45) is -1.90. The van der Waals surface area contributed by atoms with Crippen LogP contribution < -0.4 is 10.5 Å². The molecule has 2 N–H and O–H groups in total. The number of aromatic nitrogens is 1. The van der Waals surface area contributed by atoms with Crippen LogP contribution in [0, 0.1) is 0 Å². The molecule has 0 bridgehead atoms. The van der Waals surface area contributed by atoms with Crippen LogP contribution in [0.2, 0.25) is 5.02 Å². The summed E-state index contributed by atoms with van der Waals surface area (Å²) in [5, 5.41) is 1.84. The smallest absolute Gasteiger partial charge is 0.406 e. The van der Waals surface area contributed by atoms with Gasteiger partial charge in [-0.2, -0.15) is 0 Å². The average Bonchev–Trinajstić information content (AvgIpc) is 3.38. The van der Waals surface area contributed by atoms with E-state index >= 15 is 0 Å². The first-order chi connectivity index (χ1) is 21.3. The molecule has 228 valence electrons. The Morgan fingerprint density at radius 1 is 0.773 bits per heavy atom. The molecule has 5 nitrogen and oxygen atoms in total. The number of rotatable bonds is 9. The Morgan fingerprint density at radius 2 is 1.50 bits per heavy atom. The predicted octanol–water partition coefficient (Wildman–Crippen LogP) is 7.67. The highest BCUT2D eigenvalue weighted by Crippen LogP contribution is 2.35. The summed E-state index contributed by atoms with van der Waals surface area (Å²) in [5.41, 5.74) is 13.1. The van der Waals surface area contributed by atoms with Gasteiger partial charge in [-0.05, 0) is 77.7 Å². The number of ether oxygens (including phenoxy) is 1. The van der Waals surface area contributed by atoms with Crippen molar-refractivity contribution in [3.63, 3.8) is 0 Å². The van der Waals surface area contributed by atoms with Gasteiger partial charge in [0.05, 0.1) is 5.52 Å². The minimum Gasteiger partial charge on any atom is -0.406 e. The lowest BCUT2D eigenvalue weighted by Gasteiger charge is -2.35. The number of nitrogens with zero attached hydrogens (tertiary/aromatic N) is 3. The third-order valence-corrected chi connectivity index (χ3v) is 8.48. The van der Waals surface area contributed by atoms with E-state index in [2.05, 4.69) is 67.8 Å². The highest BCUT2D eigenvalue weighted by Gasteiger charge is 2.31. The summed E-state index contributed by atoms with van der Waals surface area (Å²) in [6, 6.07) is 28.9. The fraction of sp³-hybridized carbons (Fsp3) is 0.257. The van der Waals surface area contributed by atoms with E-state index in [1.165, 1.54) is 17.7 Å². The second-order valence-electron chi connectivity index (χ2n) is 11.2. The molecule has 1 saturated heterocycles. The molecular weight excluding hydrogens is 585 g/mol. The van der Waals surface area contributed by atoms with Crippen LogP contribution in [-0.4, -0.2) is 53.5 Å². The lowest BCUT2D eigenvalue weighted by Crippen LogP contribution is -2.45. The van der Waals surface area contributed by atoms with Gasteiger partial charge in [-0.3, -0.25) is 9.80 Å². The number of hydrogen-bond donors (Lipinski definition) is 1. The quantitative estimate of drug-likeness (QED) is 0.184. The van der Waals surface area contributed by atoms with Crippen LogP contribution in [0.15, 0.2) is 97.2 Å². The van der Waals surface area contributed by atoms with Crippen LogP contribution in [0.25, 0.3) is 27.7 Å². The van der Waals surface area contributed by atoms with Gasteiger partial charge in [0.1, 0.15) is 5.75 Å². The van der Waals surface area contributed by atoms with Crippen molar-refractivity contribution in [2.24, 2.45) is 5.73 Å². The SMILES string of the molecule is NCCc1cccc(-n2cc(-c3ccc(OC(F)(F)F)cc3)c3cc(CN4CCN(Cc5ccccc5Cl)CC4)ccc32)c1. The Bertz CT molecular complexity index is 1730. The maximum atomic E-state index is 12.8. The average molecular weight is 619 g/mol. The molecule has 0 aliphatic carbocycles. The summed E-state index contributed by atoms with van der Waals surface area (Å²) in [6.45, 7) is 6.03. The van der Waals surface area contributed by atoms with E-state index in [4.69, 9.17) is 17.3 Å². The first-order valence-electron chi connectivity index (χ1n) is 14.7. The van der Waals surface area contributed by atoms with Gasteiger partial charge in [-0.15, -0.1) is 13.2 Å². The molecule has 4 aromatic carbocycles. The van der Waals surface area contributed by atoms with E-state index in [0.717, 1.165) is 89.6 Å². The zero-order chi connectivity index (χ0) is 30.7. The first-order valence-corrected chi connectivity index (χ1v) is 15.1. The molecule has 0 atom stereocenters. The molecule has 2 heterocycles. The minimum atomic E-state index is -4.74. The normalized spacial score (nSPS) is 14.8. The number of benzene rings is 4. The van der Waals surface area contributed by atoms with Crippen LogP contribution >= 0.6 is 11.6 Å². The van der Waals surface area contributed by atoms with Crippen molar-refractivity contribution in [3.05, 3.63) is 119 Å². The molecule has 9 heteroatoms. The number of nitrogens with two attached hydrogens (primary N) is 1. The number of hydrogen-bond acceptors (Lipinski definition) is 4. The molecule has 1 aliphatic rings. The molecule has 0 unspecified atom stereocenters. The maximum absolute atomic E-state index is 12.8. The second-order valence-corrected chi connectivity index (χ2v) is 11.6. The van der Waals surface area contributed by atoms with E-state index in [-0.39, 0.29) is 5.75 Å². The number of halogens is 4. The van der Waals surface area contributed by atoms with E-state index in [1.54, 1.807) is 12.1 Å². The first kappa shape index (κ1) is 30.2. The summed E-state index contributed by atoms with van der Waals surface area (Å²) in [5.74, 6) is -0.242. The van der Waals surface area contributed by atoms with E-state index in [9.17, 15) is 13.2 Å². The van der Waals surface area contributed by atoms with Crippen molar-refractivity contribution < 1.29 is 17.9 Å². The molecule has 1 fully saturated rings. The van der Waals surface area contributed by atoms with Crippen LogP contribution in [0.5, 0.6) is 5.75 Å². The Balaban J connectivity index is 1.27. The number of fused-ring (bicyclic) bond motifs is 1. The fourth-order valence-corrected chi connectivity index (χ4v) is 6.11. The molecule has 0 spiro atoms. The zero-order valence-electron chi connectivity index (χ0n) is 24.2. The molecule has 1 aliphatic heterocycles. The fourth-order valence-electron chi connectivity index (χ4n) is 5.92. The molecule has 6 rings (SSSR count). The lowest BCUT2D eigenvalue weighted by atomic mass is 10.0. The molecule has 44 heavy (non-hydrogen) atoms. The van der Waals surface area contributed by atoms with Gasteiger partial charge in [0.2, 0.25) is 0 Å². The zero-order valence-corrected chi connectivity index (χ0v) is 25.0. The number of piperazine rings is 1. The minimum absolute atomic E-state index is 0.242. The monoisotopic (exact) mass is 618 g/mol. The molecule has 0 saturated carbocycles. The van der Waals surface area contributed by atoms with Crippen LogP contribution in [0.4, 0.5) is 13.2 Å². The highest BCUT2D eigenvalue weighted by molar-refractivity contribution is 6.31. The topological polar surface area (TPSA) is 46.7 Å². The standard InChI is InChI=1S/C35H34ClF3N4O/c36-33-7-2-1-5-28(33)23-42-18-16-41(17-19-42)22-26-8-13-34-31(21-26)32(27-9-11-30(12-10-27)44-35(37,38)39)24-43(34)29-6-3-4-25(20-29)14-15-40/h1-13,20-21,24H,14-19,22-23,40H2. The Labute approximate surface area is 260 Å². The summed E-state index contributed by atoms with van der Waals surface area (Å²) < 4.78 is 44.6. The molecule has 5 aromatic rings. The maximum Gasteiger partial charge on any atom is 0.573 e. The van der Waals surface area contributed by atoms with Crippen LogP contribution in [-0.2, 0) is 19.5 Å². The lowest BCUT2D eigenvalue weighted by molar-refractivity contribution is -0.274. The van der Waals surface area contributed by atoms with Crippen molar-refractivity contribution in [2.75, 3.05) is 32.7 Å². The summed E-state index contributed by atoms with van der Waals surface area (Å²) >= 11 is 6.38. The van der Waals surface area contributed by atoms with Crippen molar-refractivity contribution in [2.45, 2.75) is 25.9 Å². The van der Waals surface area contributed by atoms with Gasteiger partial charge in [0.25, 0.3) is 0 Å². The molecule has 0 amide bonds. The van der Waals surface area contributed by atoms with Crippen molar-refractivity contribution in [1.29, 1.82) is 0 Å². The number of alkyl halides is 3. The van der Waals surface area contributed by atoms with Crippen molar-refractivity contribution in [1.82, 2.24) is 14.4 Å².